The van der Waals surface area contributed by atoms with Gasteiger partial charge in [-0.25, -0.2) is 0 Å². The van der Waals surface area contributed by atoms with Gasteiger partial charge in [0.2, 0.25) is 0 Å². The fourth-order valence-corrected chi connectivity index (χ4v) is 2.88. The van der Waals surface area contributed by atoms with Gasteiger partial charge in [0.25, 0.3) is 0 Å². The van der Waals surface area contributed by atoms with Crippen LogP contribution in [-0.4, -0.2) is 42.5 Å². The van der Waals surface area contributed by atoms with E-state index in [1.807, 2.05) is 0 Å². The number of benzene rings is 1. The molecule has 1 aliphatic rings. The molecule has 0 atom stereocenters. The van der Waals surface area contributed by atoms with E-state index in [9.17, 15) is 0 Å². The van der Waals surface area contributed by atoms with E-state index in [1.54, 1.807) is 0 Å². The predicted octanol–water partition coefficient (Wildman–Crippen LogP) is 2.95. The van der Waals surface area contributed by atoms with E-state index in [4.69, 9.17) is 0 Å². The van der Waals surface area contributed by atoms with E-state index >= 15 is 0 Å². The molecular formula is C16H26N2. The topological polar surface area (TPSA) is 6.48 Å². The fraction of sp³-hybridized carbons (Fsp3) is 0.625. The summed E-state index contributed by atoms with van der Waals surface area (Å²) in [4.78, 5) is 5.20. The van der Waals surface area contributed by atoms with Gasteiger partial charge in [-0.05, 0) is 32.4 Å². The molecule has 0 N–H and O–H groups in total. The predicted molar refractivity (Wildman–Crippen MR) is 77.8 cm³/mol. The van der Waals surface area contributed by atoms with Gasteiger partial charge in [0.05, 0.1) is 0 Å². The normalized spacial score (nSPS) is 19.1. The van der Waals surface area contributed by atoms with E-state index in [-0.39, 0.29) is 5.54 Å². The average molecular weight is 246 g/mol. The first-order chi connectivity index (χ1) is 8.64. The van der Waals surface area contributed by atoms with Crippen LogP contribution < -0.4 is 0 Å². The fourth-order valence-electron chi connectivity index (χ4n) is 2.88. The lowest BCUT2D eigenvalue weighted by atomic mass is 9.91. The summed E-state index contributed by atoms with van der Waals surface area (Å²) in [7, 11) is 0. The smallest absolute Gasteiger partial charge is 0.0405 e. The zero-order valence-electron chi connectivity index (χ0n) is 12.0. The van der Waals surface area contributed by atoms with Gasteiger partial charge in [-0.3, -0.25) is 4.90 Å². The number of hydrogen-bond donors (Lipinski definition) is 0. The third-order valence-corrected chi connectivity index (χ3v) is 4.18. The Morgan fingerprint density at radius 3 is 2.17 bits per heavy atom. The zero-order valence-corrected chi connectivity index (χ0v) is 12.0. The van der Waals surface area contributed by atoms with Crippen LogP contribution in [0.5, 0.6) is 0 Å². The molecule has 1 saturated heterocycles. The molecule has 0 saturated carbocycles. The summed E-state index contributed by atoms with van der Waals surface area (Å²) in [6.45, 7) is 13.0. The molecule has 1 heterocycles. The molecule has 100 valence electrons. The Morgan fingerprint density at radius 2 is 1.61 bits per heavy atom. The van der Waals surface area contributed by atoms with Crippen molar-refractivity contribution in [2.75, 3.05) is 32.7 Å². The van der Waals surface area contributed by atoms with Crippen molar-refractivity contribution in [1.29, 1.82) is 0 Å². The lowest BCUT2D eigenvalue weighted by molar-refractivity contribution is 0.0506. The van der Waals surface area contributed by atoms with E-state index in [2.05, 4.69) is 60.9 Å². The minimum Gasteiger partial charge on any atom is -0.301 e. The van der Waals surface area contributed by atoms with Gasteiger partial charge < -0.3 is 4.90 Å². The lowest BCUT2D eigenvalue weighted by Crippen LogP contribution is -2.53. The molecular weight excluding hydrogens is 220 g/mol. The third-order valence-electron chi connectivity index (χ3n) is 4.18. The Balaban J connectivity index is 2.00. The summed E-state index contributed by atoms with van der Waals surface area (Å²) in [5.74, 6) is 0. The van der Waals surface area contributed by atoms with Gasteiger partial charge in [0.15, 0.2) is 0 Å². The van der Waals surface area contributed by atoms with Gasteiger partial charge in [-0.2, -0.15) is 0 Å². The average Bonchev–Trinajstić information content (AvgIpc) is 2.41. The first kappa shape index (κ1) is 13.6. The SMILES string of the molecule is CCCN1CCN(C(C)(C)c2ccccc2)CC1. The number of rotatable bonds is 4. The van der Waals surface area contributed by atoms with E-state index < -0.39 is 0 Å². The summed E-state index contributed by atoms with van der Waals surface area (Å²) < 4.78 is 0. The van der Waals surface area contributed by atoms with Crippen molar-refractivity contribution in [2.24, 2.45) is 0 Å². The van der Waals surface area contributed by atoms with E-state index in [1.165, 1.54) is 44.7 Å². The van der Waals surface area contributed by atoms with Gasteiger partial charge in [0.1, 0.15) is 0 Å². The van der Waals surface area contributed by atoms with Crippen LogP contribution in [0.15, 0.2) is 30.3 Å². The Morgan fingerprint density at radius 1 is 1.00 bits per heavy atom. The largest absolute Gasteiger partial charge is 0.301 e. The van der Waals surface area contributed by atoms with Crippen molar-refractivity contribution in [1.82, 2.24) is 9.80 Å². The first-order valence-corrected chi connectivity index (χ1v) is 7.17. The highest BCUT2D eigenvalue weighted by molar-refractivity contribution is 5.23. The highest BCUT2D eigenvalue weighted by Crippen LogP contribution is 2.28. The first-order valence-electron chi connectivity index (χ1n) is 7.17. The van der Waals surface area contributed by atoms with Crippen molar-refractivity contribution < 1.29 is 0 Å². The van der Waals surface area contributed by atoms with Gasteiger partial charge in [-0.15, -0.1) is 0 Å². The molecule has 0 aromatic heterocycles. The summed E-state index contributed by atoms with van der Waals surface area (Å²) in [5, 5.41) is 0. The standard InChI is InChI=1S/C16H26N2/c1-4-10-17-11-13-18(14-12-17)16(2,3)15-8-6-5-7-9-15/h5-9H,4,10-14H2,1-3H3. The van der Waals surface area contributed by atoms with Crippen molar-refractivity contribution in [3.05, 3.63) is 35.9 Å². The maximum Gasteiger partial charge on any atom is 0.0405 e. The van der Waals surface area contributed by atoms with Crippen LogP contribution in [0.3, 0.4) is 0 Å². The van der Waals surface area contributed by atoms with Crippen molar-refractivity contribution in [3.8, 4) is 0 Å². The van der Waals surface area contributed by atoms with E-state index in [0.717, 1.165) is 0 Å². The Bertz CT molecular complexity index is 351. The monoisotopic (exact) mass is 246 g/mol. The lowest BCUT2D eigenvalue weighted by Gasteiger charge is -2.44. The summed E-state index contributed by atoms with van der Waals surface area (Å²) >= 11 is 0. The van der Waals surface area contributed by atoms with Gasteiger partial charge >= 0.3 is 0 Å². The zero-order chi connectivity index (χ0) is 13.0. The molecule has 2 nitrogen and oxygen atoms in total. The molecule has 0 radical (unpaired) electrons. The Labute approximate surface area is 112 Å². The quantitative estimate of drug-likeness (QED) is 0.806. The highest BCUT2D eigenvalue weighted by Gasteiger charge is 2.30. The third kappa shape index (κ3) is 2.93. The summed E-state index contributed by atoms with van der Waals surface area (Å²) in [6, 6.07) is 10.9. The Hall–Kier alpha value is -0.860. The molecule has 1 fully saturated rings. The molecule has 1 aromatic rings. The summed E-state index contributed by atoms with van der Waals surface area (Å²) in [5.41, 5.74) is 1.58. The van der Waals surface area contributed by atoms with Crippen LogP contribution in [0.1, 0.15) is 32.8 Å². The minimum atomic E-state index is 0.152. The summed E-state index contributed by atoms with van der Waals surface area (Å²) in [6.07, 6.45) is 1.27. The van der Waals surface area contributed by atoms with Crippen LogP contribution in [0.2, 0.25) is 0 Å². The van der Waals surface area contributed by atoms with Crippen molar-refractivity contribution in [2.45, 2.75) is 32.7 Å². The van der Waals surface area contributed by atoms with Crippen LogP contribution in [0.4, 0.5) is 0 Å². The molecule has 2 heteroatoms. The van der Waals surface area contributed by atoms with Crippen LogP contribution >= 0.6 is 0 Å². The van der Waals surface area contributed by atoms with Crippen molar-refractivity contribution in [3.63, 3.8) is 0 Å². The van der Waals surface area contributed by atoms with E-state index in [0.29, 0.717) is 0 Å². The molecule has 0 spiro atoms. The van der Waals surface area contributed by atoms with Crippen molar-refractivity contribution >= 4 is 0 Å². The highest BCUT2D eigenvalue weighted by atomic mass is 15.3. The molecule has 1 aliphatic heterocycles. The number of nitrogens with zero attached hydrogens (tertiary/aromatic N) is 2. The number of piperazine rings is 1. The maximum absolute atomic E-state index is 2.62. The van der Waals surface area contributed by atoms with Gasteiger partial charge in [0, 0.05) is 31.7 Å². The van der Waals surface area contributed by atoms with Crippen LogP contribution in [0.25, 0.3) is 0 Å². The maximum atomic E-state index is 2.62. The minimum absolute atomic E-state index is 0.152. The van der Waals surface area contributed by atoms with Crippen LogP contribution in [-0.2, 0) is 5.54 Å². The number of hydrogen-bond acceptors (Lipinski definition) is 2. The molecule has 0 aliphatic carbocycles. The molecule has 1 aromatic carbocycles. The molecule has 18 heavy (non-hydrogen) atoms. The molecule has 0 amide bonds. The second kappa shape index (κ2) is 5.85. The molecule has 0 bridgehead atoms. The Kier molecular flexibility index (Phi) is 4.41. The van der Waals surface area contributed by atoms with Crippen LogP contribution in [0, 0.1) is 0 Å². The molecule has 2 rings (SSSR count). The molecule has 0 unspecified atom stereocenters. The second-order valence-electron chi connectivity index (χ2n) is 5.75. The van der Waals surface area contributed by atoms with Gasteiger partial charge in [-0.1, -0.05) is 37.3 Å². The second-order valence-corrected chi connectivity index (χ2v) is 5.75.